The van der Waals surface area contributed by atoms with Gasteiger partial charge in [0.1, 0.15) is 0 Å². The Hall–Kier alpha value is -2.35. The first-order valence-corrected chi connectivity index (χ1v) is 11.0. The van der Waals surface area contributed by atoms with Gasteiger partial charge in [-0.15, -0.1) is 11.3 Å². The summed E-state index contributed by atoms with van der Waals surface area (Å²) < 4.78 is 26.7. The van der Waals surface area contributed by atoms with Gasteiger partial charge in [0.05, 0.1) is 5.00 Å². The van der Waals surface area contributed by atoms with E-state index in [9.17, 15) is 8.78 Å². The molecule has 1 aromatic carbocycles. The molecule has 2 aliphatic heterocycles. The van der Waals surface area contributed by atoms with Gasteiger partial charge in [0.15, 0.2) is 17.6 Å². The Labute approximate surface area is 174 Å². The molecule has 2 aliphatic rings. The van der Waals surface area contributed by atoms with Crippen LogP contribution < -0.4 is 15.1 Å². The SMILES string of the molecule is CN=C(NCC1CCN(c2ccc(F)c(F)c2)C1)N1CCN(c2cccs2)CC1. The summed E-state index contributed by atoms with van der Waals surface area (Å²) in [6.45, 7) is 6.41. The summed E-state index contributed by atoms with van der Waals surface area (Å²) in [6.07, 6.45) is 1.02. The minimum atomic E-state index is -0.797. The highest BCUT2D eigenvalue weighted by Crippen LogP contribution is 2.25. The first-order valence-electron chi connectivity index (χ1n) is 10.1. The largest absolute Gasteiger partial charge is 0.371 e. The molecule has 3 heterocycles. The fourth-order valence-corrected chi connectivity index (χ4v) is 4.86. The van der Waals surface area contributed by atoms with Crippen LogP contribution in [-0.4, -0.2) is 63.7 Å². The monoisotopic (exact) mass is 419 g/mol. The molecule has 1 atom stereocenters. The summed E-state index contributed by atoms with van der Waals surface area (Å²) in [5.74, 6) is -0.185. The van der Waals surface area contributed by atoms with Gasteiger partial charge in [-0.3, -0.25) is 4.99 Å². The molecular formula is C21H27F2N5S. The van der Waals surface area contributed by atoms with Crippen LogP contribution in [0.15, 0.2) is 40.7 Å². The lowest BCUT2D eigenvalue weighted by molar-refractivity contribution is 0.370. The Morgan fingerprint density at radius 1 is 1.10 bits per heavy atom. The summed E-state index contributed by atoms with van der Waals surface area (Å²) in [5.41, 5.74) is 0.750. The van der Waals surface area contributed by atoms with E-state index in [0.29, 0.717) is 5.92 Å². The van der Waals surface area contributed by atoms with Gasteiger partial charge in [0.2, 0.25) is 0 Å². The molecular weight excluding hydrogens is 392 g/mol. The Morgan fingerprint density at radius 3 is 2.62 bits per heavy atom. The lowest BCUT2D eigenvalue weighted by Crippen LogP contribution is -2.53. The number of guanidine groups is 1. The average Bonchev–Trinajstić information content (AvgIpc) is 3.43. The Kier molecular flexibility index (Phi) is 6.18. The minimum absolute atomic E-state index is 0.451. The van der Waals surface area contributed by atoms with E-state index < -0.39 is 11.6 Å². The zero-order valence-electron chi connectivity index (χ0n) is 16.7. The third-order valence-corrected chi connectivity index (χ3v) is 6.64. The van der Waals surface area contributed by atoms with E-state index >= 15 is 0 Å². The number of anilines is 2. The number of hydrogen-bond acceptors (Lipinski definition) is 4. The molecule has 4 rings (SSSR count). The first kappa shape index (κ1) is 19.9. The van der Waals surface area contributed by atoms with E-state index in [0.717, 1.165) is 63.9 Å². The van der Waals surface area contributed by atoms with Crippen LogP contribution in [0.3, 0.4) is 0 Å². The summed E-state index contributed by atoms with van der Waals surface area (Å²) in [5, 5.41) is 6.97. The van der Waals surface area contributed by atoms with E-state index in [1.165, 1.54) is 17.1 Å². The van der Waals surface area contributed by atoms with Crippen LogP contribution in [-0.2, 0) is 0 Å². The lowest BCUT2D eigenvalue weighted by Gasteiger charge is -2.37. The first-order chi connectivity index (χ1) is 14.1. The van der Waals surface area contributed by atoms with Crippen molar-refractivity contribution in [3.8, 4) is 0 Å². The van der Waals surface area contributed by atoms with E-state index in [-0.39, 0.29) is 0 Å². The molecule has 0 saturated carbocycles. The molecule has 156 valence electrons. The molecule has 2 aromatic rings. The van der Waals surface area contributed by atoms with E-state index in [1.54, 1.807) is 17.4 Å². The molecule has 8 heteroatoms. The molecule has 2 fully saturated rings. The minimum Gasteiger partial charge on any atom is -0.371 e. The third kappa shape index (κ3) is 4.63. The second kappa shape index (κ2) is 8.98. The number of piperazine rings is 1. The van der Waals surface area contributed by atoms with E-state index in [2.05, 4.69) is 42.5 Å². The quantitative estimate of drug-likeness (QED) is 0.609. The summed E-state index contributed by atoms with van der Waals surface area (Å²) in [6, 6.07) is 8.41. The van der Waals surface area contributed by atoms with Crippen LogP contribution in [0.5, 0.6) is 0 Å². The zero-order valence-corrected chi connectivity index (χ0v) is 17.5. The number of nitrogens with zero attached hydrogens (tertiary/aromatic N) is 4. The molecule has 0 aliphatic carbocycles. The van der Waals surface area contributed by atoms with Crippen molar-refractivity contribution in [1.82, 2.24) is 10.2 Å². The van der Waals surface area contributed by atoms with Crippen LogP contribution in [0.4, 0.5) is 19.5 Å². The number of rotatable bonds is 4. The second-order valence-corrected chi connectivity index (χ2v) is 8.48. The summed E-state index contributed by atoms with van der Waals surface area (Å²) >= 11 is 1.78. The van der Waals surface area contributed by atoms with Crippen molar-refractivity contribution in [2.75, 3.05) is 62.7 Å². The topological polar surface area (TPSA) is 34.1 Å². The van der Waals surface area contributed by atoms with Crippen LogP contribution >= 0.6 is 11.3 Å². The fraction of sp³-hybridized carbons (Fsp3) is 0.476. The van der Waals surface area contributed by atoms with E-state index in [4.69, 9.17) is 0 Å². The predicted octanol–water partition coefficient (Wildman–Crippen LogP) is 3.25. The molecule has 0 amide bonds. The number of thiophene rings is 1. The maximum Gasteiger partial charge on any atom is 0.193 e. The number of nitrogens with one attached hydrogen (secondary N) is 1. The highest BCUT2D eigenvalue weighted by molar-refractivity contribution is 7.14. The number of halogens is 2. The van der Waals surface area contributed by atoms with Crippen molar-refractivity contribution in [2.45, 2.75) is 6.42 Å². The molecule has 0 spiro atoms. The van der Waals surface area contributed by atoms with Crippen LogP contribution in [0.2, 0.25) is 0 Å². The highest BCUT2D eigenvalue weighted by atomic mass is 32.1. The van der Waals surface area contributed by atoms with Crippen LogP contribution in [0, 0.1) is 17.6 Å². The number of hydrogen-bond donors (Lipinski definition) is 1. The van der Waals surface area contributed by atoms with Crippen molar-refractivity contribution in [2.24, 2.45) is 10.9 Å². The maximum atomic E-state index is 13.5. The maximum absolute atomic E-state index is 13.5. The molecule has 1 unspecified atom stereocenters. The van der Waals surface area contributed by atoms with Gasteiger partial charge >= 0.3 is 0 Å². The Balaban J connectivity index is 1.26. The Bertz CT molecular complexity index is 834. The van der Waals surface area contributed by atoms with Crippen molar-refractivity contribution in [3.63, 3.8) is 0 Å². The van der Waals surface area contributed by atoms with Crippen LogP contribution in [0.1, 0.15) is 6.42 Å². The predicted molar refractivity (Wildman–Crippen MR) is 116 cm³/mol. The lowest BCUT2D eigenvalue weighted by atomic mass is 10.1. The third-order valence-electron chi connectivity index (χ3n) is 5.71. The van der Waals surface area contributed by atoms with Crippen molar-refractivity contribution < 1.29 is 8.78 Å². The fourth-order valence-electron chi connectivity index (χ4n) is 4.07. The summed E-state index contributed by atoms with van der Waals surface area (Å²) in [7, 11) is 1.83. The van der Waals surface area contributed by atoms with Crippen molar-refractivity contribution in [1.29, 1.82) is 0 Å². The molecule has 1 N–H and O–H groups in total. The van der Waals surface area contributed by atoms with Gasteiger partial charge in [-0.05, 0) is 42.0 Å². The second-order valence-electron chi connectivity index (χ2n) is 7.55. The van der Waals surface area contributed by atoms with Crippen LogP contribution in [0.25, 0.3) is 0 Å². The van der Waals surface area contributed by atoms with Gasteiger partial charge in [-0.2, -0.15) is 0 Å². The Morgan fingerprint density at radius 2 is 1.93 bits per heavy atom. The van der Waals surface area contributed by atoms with Gasteiger partial charge in [-0.1, -0.05) is 0 Å². The average molecular weight is 420 g/mol. The molecule has 2 saturated heterocycles. The standard InChI is InChI=1S/C21H27F2N5S/c1-24-21(27-10-8-26(9-11-27)20-3-2-12-29-20)25-14-16-6-7-28(15-16)17-4-5-18(22)19(23)13-17/h2-5,12-13,16H,6-11,14-15H2,1H3,(H,24,25). The van der Waals surface area contributed by atoms with Gasteiger partial charge in [0.25, 0.3) is 0 Å². The van der Waals surface area contributed by atoms with Gasteiger partial charge in [-0.25, -0.2) is 8.78 Å². The summed E-state index contributed by atoms with van der Waals surface area (Å²) in [4.78, 5) is 11.3. The molecule has 29 heavy (non-hydrogen) atoms. The molecule has 0 bridgehead atoms. The number of aliphatic imine (C=N–C) groups is 1. The van der Waals surface area contributed by atoms with Crippen molar-refractivity contribution in [3.05, 3.63) is 47.3 Å². The zero-order chi connectivity index (χ0) is 20.2. The van der Waals surface area contributed by atoms with Crippen molar-refractivity contribution >= 4 is 28.0 Å². The molecule has 5 nitrogen and oxygen atoms in total. The normalized spacial score (nSPS) is 20.4. The number of benzene rings is 1. The van der Waals surface area contributed by atoms with Gasteiger partial charge in [0, 0.05) is 64.6 Å². The van der Waals surface area contributed by atoms with Gasteiger partial charge < -0.3 is 20.0 Å². The molecule has 0 radical (unpaired) electrons. The molecule has 1 aromatic heterocycles. The highest BCUT2D eigenvalue weighted by Gasteiger charge is 2.25. The smallest absolute Gasteiger partial charge is 0.193 e. The van der Waals surface area contributed by atoms with E-state index in [1.807, 2.05) is 7.05 Å².